The van der Waals surface area contributed by atoms with Gasteiger partial charge in [-0.25, -0.2) is 4.79 Å². The lowest BCUT2D eigenvalue weighted by Gasteiger charge is -2.26. The first kappa shape index (κ1) is 17.4. The molecule has 0 radical (unpaired) electrons. The van der Waals surface area contributed by atoms with Crippen molar-refractivity contribution in [1.82, 2.24) is 15.5 Å². The minimum absolute atomic E-state index is 0.159. The van der Waals surface area contributed by atoms with E-state index in [1.54, 1.807) is 0 Å². The number of nitrogens with zero attached hydrogens (tertiary/aromatic N) is 1. The third-order valence-corrected chi connectivity index (χ3v) is 5.36. The quantitative estimate of drug-likeness (QED) is 0.778. The summed E-state index contributed by atoms with van der Waals surface area (Å²) < 4.78 is 11.6. The molecule has 2 amide bonds. The van der Waals surface area contributed by atoms with Crippen molar-refractivity contribution < 1.29 is 9.00 Å². The van der Waals surface area contributed by atoms with Crippen molar-refractivity contribution in [1.29, 1.82) is 0 Å². The van der Waals surface area contributed by atoms with Crippen LogP contribution in [0.1, 0.15) is 40.0 Å². The van der Waals surface area contributed by atoms with Crippen molar-refractivity contribution in [2.45, 2.75) is 44.8 Å². The summed E-state index contributed by atoms with van der Waals surface area (Å²) in [6.45, 7) is 10.2. The second-order valence-corrected chi connectivity index (χ2v) is 8.57. The van der Waals surface area contributed by atoms with Crippen molar-refractivity contribution in [2.75, 3.05) is 38.5 Å². The predicted molar refractivity (Wildman–Crippen MR) is 84.5 cm³/mol. The molecular formula is C14H29N3O2S. The summed E-state index contributed by atoms with van der Waals surface area (Å²) in [6.07, 6.45) is 3.87. The van der Waals surface area contributed by atoms with Crippen LogP contribution >= 0.6 is 0 Å². The molecule has 0 aromatic heterocycles. The van der Waals surface area contributed by atoms with Gasteiger partial charge >= 0.3 is 6.03 Å². The molecule has 0 aromatic rings. The van der Waals surface area contributed by atoms with Crippen LogP contribution in [0.4, 0.5) is 4.79 Å². The van der Waals surface area contributed by atoms with Crippen molar-refractivity contribution in [3.8, 4) is 0 Å². The molecule has 0 aromatic carbocycles. The van der Waals surface area contributed by atoms with Gasteiger partial charge in [-0.3, -0.25) is 4.21 Å². The van der Waals surface area contributed by atoms with Gasteiger partial charge in [-0.05, 0) is 46.7 Å². The fourth-order valence-electron chi connectivity index (χ4n) is 2.14. The monoisotopic (exact) mass is 303 g/mol. The van der Waals surface area contributed by atoms with E-state index in [0.29, 0.717) is 18.8 Å². The molecule has 0 unspecified atom stereocenters. The van der Waals surface area contributed by atoms with E-state index in [1.165, 1.54) is 19.3 Å². The Hall–Kier alpha value is -0.620. The highest BCUT2D eigenvalue weighted by Crippen LogP contribution is 2.10. The van der Waals surface area contributed by atoms with E-state index >= 15 is 0 Å². The van der Waals surface area contributed by atoms with Crippen LogP contribution in [0.15, 0.2) is 0 Å². The predicted octanol–water partition coefficient (Wildman–Crippen LogP) is 1.32. The van der Waals surface area contributed by atoms with Gasteiger partial charge in [0.15, 0.2) is 0 Å². The lowest BCUT2D eigenvalue weighted by molar-refractivity contribution is 0.221. The molecule has 2 N–H and O–H groups in total. The zero-order valence-corrected chi connectivity index (χ0v) is 13.9. The minimum atomic E-state index is -0.914. The third-order valence-electron chi connectivity index (χ3n) is 3.42. The van der Waals surface area contributed by atoms with Crippen molar-refractivity contribution in [3.05, 3.63) is 0 Å². The standard InChI is InChI=1S/C14H29N3O2S/c1-14(2,3)20(19)12-8-16-13(18)15-7-11-17-9-5-4-6-10-17/h4-12H2,1-3H3,(H2,15,16,18)/t20-/m1/s1. The number of rotatable bonds is 6. The first-order valence-electron chi connectivity index (χ1n) is 7.52. The SMILES string of the molecule is CC(C)(C)[S@](=O)CCNC(=O)NCCN1CCCCC1. The molecule has 0 bridgehead atoms. The largest absolute Gasteiger partial charge is 0.337 e. The number of likely N-dealkylation sites (tertiary alicyclic amines) is 1. The zero-order valence-electron chi connectivity index (χ0n) is 13.0. The van der Waals surface area contributed by atoms with E-state index in [-0.39, 0.29) is 10.8 Å². The van der Waals surface area contributed by atoms with Gasteiger partial charge < -0.3 is 15.5 Å². The van der Waals surface area contributed by atoms with Gasteiger partial charge in [0.25, 0.3) is 0 Å². The van der Waals surface area contributed by atoms with Crippen molar-refractivity contribution >= 4 is 16.8 Å². The second-order valence-electron chi connectivity index (χ2n) is 6.25. The topological polar surface area (TPSA) is 61.4 Å². The fraction of sp³-hybridized carbons (Fsp3) is 0.929. The Morgan fingerprint density at radius 2 is 1.70 bits per heavy atom. The maximum Gasteiger partial charge on any atom is 0.314 e. The normalized spacial score (nSPS) is 18.6. The smallest absolute Gasteiger partial charge is 0.314 e. The van der Waals surface area contributed by atoms with Gasteiger partial charge in [-0.15, -0.1) is 0 Å². The number of carbonyl (C=O) groups excluding carboxylic acids is 1. The Kier molecular flexibility index (Phi) is 7.51. The second kappa shape index (κ2) is 8.62. The Bertz CT molecular complexity index is 323. The molecule has 1 rings (SSSR count). The maximum absolute atomic E-state index is 11.8. The van der Waals surface area contributed by atoms with Gasteiger partial charge in [0.05, 0.1) is 0 Å². The molecule has 1 fully saturated rings. The van der Waals surface area contributed by atoms with Crippen molar-refractivity contribution in [2.24, 2.45) is 0 Å². The summed E-state index contributed by atoms with van der Waals surface area (Å²) in [5.41, 5.74) is 0. The van der Waals surface area contributed by atoms with Crippen LogP contribution in [0.5, 0.6) is 0 Å². The molecule has 1 aliphatic heterocycles. The minimum Gasteiger partial charge on any atom is -0.337 e. The van der Waals surface area contributed by atoms with Crippen LogP contribution in [0.2, 0.25) is 0 Å². The Balaban J connectivity index is 2.04. The third kappa shape index (κ3) is 7.24. The molecule has 0 aliphatic carbocycles. The molecule has 20 heavy (non-hydrogen) atoms. The summed E-state index contributed by atoms with van der Waals surface area (Å²) in [4.78, 5) is 14.0. The number of carbonyl (C=O) groups is 1. The van der Waals surface area contributed by atoms with Crippen LogP contribution in [-0.4, -0.2) is 58.4 Å². The average Bonchev–Trinajstić information content (AvgIpc) is 2.38. The van der Waals surface area contributed by atoms with Gasteiger partial charge in [0, 0.05) is 40.9 Å². The number of hydrogen-bond donors (Lipinski definition) is 2. The number of amides is 2. The number of piperidine rings is 1. The highest BCUT2D eigenvalue weighted by atomic mass is 32.2. The highest BCUT2D eigenvalue weighted by Gasteiger charge is 2.18. The Labute approximate surface area is 125 Å². The van der Waals surface area contributed by atoms with Crippen LogP contribution in [-0.2, 0) is 10.8 Å². The van der Waals surface area contributed by atoms with E-state index in [2.05, 4.69) is 15.5 Å². The molecule has 0 saturated carbocycles. The molecule has 1 atom stereocenters. The first-order valence-corrected chi connectivity index (χ1v) is 8.84. The van der Waals surface area contributed by atoms with E-state index in [1.807, 2.05) is 20.8 Å². The molecule has 1 saturated heterocycles. The molecular weight excluding hydrogens is 274 g/mol. The molecule has 5 nitrogen and oxygen atoms in total. The maximum atomic E-state index is 11.8. The number of urea groups is 1. The Morgan fingerprint density at radius 1 is 1.10 bits per heavy atom. The highest BCUT2D eigenvalue weighted by molar-refractivity contribution is 7.86. The molecule has 118 valence electrons. The summed E-state index contributed by atoms with van der Waals surface area (Å²) in [7, 11) is -0.914. The number of hydrogen-bond acceptors (Lipinski definition) is 3. The fourth-order valence-corrected chi connectivity index (χ4v) is 3.04. The average molecular weight is 303 g/mol. The summed E-state index contributed by atoms with van der Waals surface area (Å²) in [6, 6.07) is -0.159. The lowest BCUT2D eigenvalue weighted by Crippen LogP contribution is -2.43. The molecule has 6 heteroatoms. The van der Waals surface area contributed by atoms with Crippen LogP contribution < -0.4 is 10.6 Å². The summed E-state index contributed by atoms with van der Waals surface area (Å²) >= 11 is 0. The molecule has 1 aliphatic rings. The van der Waals surface area contributed by atoms with Gasteiger partial charge in [0.1, 0.15) is 0 Å². The summed E-state index contributed by atoms with van der Waals surface area (Å²) in [5.74, 6) is 0.503. The molecule has 1 heterocycles. The van der Waals surface area contributed by atoms with E-state index in [9.17, 15) is 9.00 Å². The van der Waals surface area contributed by atoms with E-state index in [0.717, 1.165) is 19.6 Å². The van der Waals surface area contributed by atoms with Crippen LogP contribution in [0, 0.1) is 0 Å². The van der Waals surface area contributed by atoms with Gasteiger partial charge in [0.2, 0.25) is 0 Å². The van der Waals surface area contributed by atoms with E-state index < -0.39 is 10.8 Å². The van der Waals surface area contributed by atoms with E-state index in [4.69, 9.17) is 0 Å². The van der Waals surface area contributed by atoms with Gasteiger partial charge in [-0.1, -0.05) is 6.42 Å². The first-order chi connectivity index (χ1) is 9.39. The van der Waals surface area contributed by atoms with Crippen LogP contribution in [0.3, 0.4) is 0 Å². The number of nitrogens with one attached hydrogen (secondary N) is 2. The van der Waals surface area contributed by atoms with Gasteiger partial charge in [-0.2, -0.15) is 0 Å². The summed E-state index contributed by atoms with van der Waals surface area (Å²) in [5, 5.41) is 5.61. The van der Waals surface area contributed by atoms with Crippen molar-refractivity contribution in [3.63, 3.8) is 0 Å². The Morgan fingerprint density at radius 3 is 2.30 bits per heavy atom. The lowest BCUT2D eigenvalue weighted by atomic mass is 10.1. The van der Waals surface area contributed by atoms with Crippen LogP contribution in [0.25, 0.3) is 0 Å². The molecule has 0 spiro atoms. The zero-order chi connectivity index (χ0) is 15.0.